The predicted octanol–water partition coefficient (Wildman–Crippen LogP) is 0.975. The van der Waals surface area contributed by atoms with Gasteiger partial charge in [-0.15, -0.1) is 0 Å². The summed E-state index contributed by atoms with van der Waals surface area (Å²) in [5, 5.41) is 2.74. The van der Waals surface area contributed by atoms with Crippen LogP contribution < -0.4 is 10.8 Å². The van der Waals surface area contributed by atoms with Gasteiger partial charge >= 0.3 is 0 Å². The maximum atomic E-state index is 11.3. The number of carbonyl (C=O) groups excluding carboxylic acids is 1. The van der Waals surface area contributed by atoms with Gasteiger partial charge in [0, 0.05) is 6.54 Å². The van der Waals surface area contributed by atoms with Crippen LogP contribution in [0.25, 0.3) is 0 Å². The molecule has 0 aromatic heterocycles. The molecule has 0 aliphatic heterocycles. The molecule has 0 spiro atoms. The highest BCUT2D eigenvalue weighted by molar-refractivity contribution is 5.80. The van der Waals surface area contributed by atoms with Gasteiger partial charge in [0.1, 0.15) is 6.04 Å². The molecule has 0 saturated heterocycles. The first kappa shape index (κ1) is 11.5. The summed E-state index contributed by atoms with van der Waals surface area (Å²) in [5.41, 5.74) is 2.80. The Hall–Kier alpha value is -0.610. The number of likely N-dealkylation sites (N-methyl/N-ethyl adjacent to an activating group) is 1. The number of amides is 1. The fourth-order valence-corrected chi connectivity index (χ4v) is 1.59. The van der Waals surface area contributed by atoms with E-state index in [0.29, 0.717) is 12.6 Å². The van der Waals surface area contributed by atoms with Crippen LogP contribution in [0.1, 0.15) is 39.5 Å². The van der Waals surface area contributed by atoms with Crippen molar-refractivity contribution >= 4 is 5.91 Å². The number of carbonyl (C=O) groups is 1. The second-order valence-electron chi connectivity index (χ2n) is 3.76. The van der Waals surface area contributed by atoms with Gasteiger partial charge in [0.15, 0.2) is 0 Å². The molecule has 0 aromatic carbocycles. The Bertz CT molecular complexity index is 179. The fraction of sp³-hybridized carbons (Fsp3) is 0.900. The molecule has 1 aliphatic carbocycles. The first-order chi connectivity index (χ1) is 6.74. The zero-order valence-corrected chi connectivity index (χ0v) is 9.01. The molecule has 1 rings (SSSR count). The van der Waals surface area contributed by atoms with E-state index in [0.717, 1.165) is 12.8 Å². The van der Waals surface area contributed by atoms with Crippen molar-refractivity contribution in [1.82, 2.24) is 10.8 Å². The Balaban J connectivity index is 2.13. The predicted molar refractivity (Wildman–Crippen MR) is 54.6 cm³/mol. The molecule has 1 unspecified atom stereocenters. The molecule has 1 amide bonds. The Morgan fingerprint density at radius 1 is 1.50 bits per heavy atom. The molecule has 0 radical (unpaired) electrons. The smallest absolute Gasteiger partial charge is 0.239 e. The summed E-state index contributed by atoms with van der Waals surface area (Å²) in [5.74, 6) is -0.00880. The van der Waals surface area contributed by atoms with Crippen LogP contribution >= 0.6 is 0 Å². The van der Waals surface area contributed by atoms with E-state index in [9.17, 15) is 4.79 Å². The maximum Gasteiger partial charge on any atom is 0.239 e. The van der Waals surface area contributed by atoms with Crippen molar-refractivity contribution in [3.05, 3.63) is 0 Å². The lowest BCUT2D eigenvalue weighted by atomic mass is 10.3. The van der Waals surface area contributed by atoms with E-state index in [2.05, 4.69) is 10.8 Å². The molecule has 14 heavy (non-hydrogen) atoms. The van der Waals surface area contributed by atoms with E-state index < -0.39 is 0 Å². The van der Waals surface area contributed by atoms with E-state index in [1.165, 1.54) is 12.8 Å². The first-order valence-electron chi connectivity index (χ1n) is 5.43. The molecule has 1 atom stereocenters. The van der Waals surface area contributed by atoms with Crippen LogP contribution in [0.15, 0.2) is 0 Å². The normalized spacial score (nSPS) is 19.6. The molecule has 4 heteroatoms. The van der Waals surface area contributed by atoms with Crippen LogP contribution in [0, 0.1) is 0 Å². The highest BCUT2D eigenvalue weighted by Crippen LogP contribution is 2.19. The third-order valence-corrected chi connectivity index (χ3v) is 2.46. The van der Waals surface area contributed by atoms with Crippen molar-refractivity contribution < 1.29 is 9.63 Å². The van der Waals surface area contributed by atoms with Crippen LogP contribution in [0.4, 0.5) is 0 Å². The molecule has 0 bridgehead atoms. The minimum absolute atomic E-state index is 0.00880. The van der Waals surface area contributed by atoms with Gasteiger partial charge in [0.05, 0.1) is 6.10 Å². The molecule has 0 heterocycles. The third kappa shape index (κ3) is 3.64. The number of hydrogen-bond donors (Lipinski definition) is 2. The van der Waals surface area contributed by atoms with Gasteiger partial charge in [-0.25, -0.2) is 0 Å². The van der Waals surface area contributed by atoms with Crippen LogP contribution in [0.5, 0.6) is 0 Å². The van der Waals surface area contributed by atoms with Gasteiger partial charge in [0.25, 0.3) is 0 Å². The van der Waals surface area contributed by atoms with Crippen molar-refractivity contribution in [2.24, 2.45) is 0 Å². The summed E-state index contributed by atoms with van der Waals surface area (Å²) in [7, 11) is 0. The number of nitrogens with one attached hydrogen (secondary N) is 2. The summed E-state index contributed by atoms with van der Waals surface area (Å²) in [6, 6.07) is -0.268. The lowest BCUT2D eigenvalue weighted by Crippen LogP contribution is -2.43. The quantitative estimate of drug-likeness (QED) is 0.650. The van der Waals surface area contributed by atoms with Crippen LogP contribution in [-0.2, 0) is 9.63 Å². The minimum atomic E-state index is -0.268. The Kier molecular flexibility index (Phi) is 4.90. The first-order valence-corrected chi connectivity index (χ1v) is 5.43. The van der Waals surface area contributed by atoms with Crippen LogP contribution in [0.2, 0.25) is 0 Å². The zero-order valence-electron chi connectivity index (χ0n) is 9.01. The van der Waals surface area contributed by atoms with Crippen molar-refractivity contribution in [3.8, 4) is 0 Å². The average molecular weight is 200 g/mol. The molecule has 1 fully saturated rings. The highest BCUT2D eigenvalue weighted by Gasteiger charge is 2.18. The van der Waals surface area contributed by atoms with Gasteiger partial charge in [-0.1, -0.05) is 12.8 Å². The topological polar surface area (TPSA) is 50.4 Å². The van der Waals surface area contributed by atoms with Gasteiger partial charge in [-0.2, -0.15) is 5.48 Å². The van der Waals surface area contributed by atoms with Gasteiger partial charge in [-0.3, -0.25) is 9.63 Å². The van der Waals surface area contributed by atoms with Crippen LogP contribution in [-0.4, -0.2) is 24.6 Å². The summed E-state index contributed by atoms with van der Waals surface area (Å²) in [6.07, 6.45) is 4.99. The average Bonchev–Trinajstić information content (AvgIpc) is 2.67. The molecular formula is C10H20N2O2. The van der Waals surface area contributed by atoms with Gasteiger partial charge in [0.2, 0.25) is 5.91 Å². The second kappa shape index (κ2) is 5.98. The van der Waals surface area contributed by atoms with Crippen LogP contribution in [0.3, 0.4) is 0 Å². The SMILES string of the molecule is CCNC(=O)C(C)NOC1CCCC1. The molecule has 82 valence electrons. The minimum Gasteiger partial charge on any atom is -0.355 e. The summed E-state index contributed by atoms with van der Waals surface area (Å²) in [6.45, 7) is 4.37. The molecule has 1 aliphatic rings. The second-order valence-corrected chi connectivity index (χ2v) is 3.76. The van der Waals surface area contributed by atoms with E-state index >= 15 is 0 Å². The number of hydrogen-bond acceptors (Lipinski definition) is 3. The zero-order chi connectivity index (χ0) is 10.4. The lowest BCUT2D eigenvalue weighted by Gasteiger charge is -2.16. The monoisotopic (exact) mass is 200 g/mol. The maximum absolute atomic E-state index is 11.3. The largest absolute Gasteiger partial charge is 0.355 e. The molecule has 2 N–H and O–H groups in total. The van der Waals surface area contributed by atoms with E-state index in [1.54, 1.807) is 6.92 Å². The summed E-state index contributed by atoms with van der Waals surface area (Å²) in [4.78, 5) is 16.7. The highest BCUT2D eigenvalue weighted by atomic mass is 16.7. The molecule has 4 nitrogen and oxygen atoms in total. The molecule has 0 aromatic rings. The fourth-order valence-electron chi connectivity index (χ4n) is 1.59. The number of rotatable bonds is 5. The Morgan fingerprint density at radius 3 is 2.71 bits per heavy atom. The van der Waals surface area contributed by atoms with Crippen molar-refractivity contribution in [2.45, 2.75) is 51.7 Å². The number of hydroxylamine groups is 1. The Morgan fingerprint density at radius 2 is 2.14 bits per heavy atom. The lowest BCUT2D eigenvalue weighted by molar-refractivity contribution is -0.128. The Labute approximate surface area is 85.3 Å². The molecular weight excluding hydrogens is 180 g/mol. The van der Waals surface area contributed by atoms with Gasteiger partial charge < -0.3 is 5.32 Å². The standard InChI is InChI=1S/C10H20N2O2/c1-3-11-10(13)8(2)12-14-9-6-4-5-7-9/h8-9,12H,3-7H2,1-2H3,(H,11,13). The summed E-state index contributed by atoms with van der Waals surface area (Å²) < 4.78 is 0. The van der Waals surface area contributed by atoms with Crippen molar-refractivity contribution in [1.29, 1.82) is 0 Å². The summed E-state index contributed by atoms with van der Waals surface area (Å²) >= 11 is 0. The van der Waals surface area contributed by atoms with E-state index in [4.69, 9.17) is 4.84 Å². The van der Waals surface area contributed by atoms with Crippen molar-refractivity contribution in [3.63, 3.8) is 0 Å². The molecule has 1 saturated carbocycles. The van der Waals surface area contributed by atoms with E-state index in [1.807, 2.05) is 6.92 Å². The van der Waals surface area contributed by atoms with Crippen molar-refractivity contribution in [2.75, 3.05) is 6.54 Å². The van der Waals surface area contributed by atoms with E-state index in [-0.39, 0.29) is 11.9 Å². The van der Waals surface area contributed by atoms with Gasteiger partial charge in [-0.05, 0) is 26.7 Å². The third-order valence-electron chi connectivity index (χ3n) is 2.46.